The third kappa shape index (κ3) is 4.09. The SMILES string of the molecule is COc1ccc(OC(=O)[C@@H](OC(C)=O)c2ccccc2)cc1. The zero-order valence-electron chi connectivity index (χ0n) is 12.3. The number of methoxy groups -OCH3 is 1. The minimum Gasteiger partial charge on any atom is -0.497 e. The van der Waals surface area contributed by atoms with Gasteiger partial charge in [-0.25, -0.2) is 4.79 Å². The van der Waals surface area contributed by atoms with Gasteiger partial charge in [-0.2, -0.15) is 0 Å². The standard InChI is InChI=1S/C17H16O5/c1-12(18)21-16(13-6-4-3-5-7-13)17(19)22-15-10-8-14(20-2)9-11-15/h3-11,16H,1-2H3/t16-/m0/s1. The molecule has 0 fully saturated rings. The minimum absolute atomic E-state index is 0.346. The number of ether oxygens (including phenoxy) is 3. The van der Waals surface area contributed by atoms with Crippen LogP contribution in [0.3, 0.4) is 0 Å². The van der Waals surface area contributed by atoms with Gasteiger partial charge < -0.3 is 14.2 Å². The van der Waals surface area contributed by atoms with Gasteiger partial charge in [-0.1, -0.05) is 30.3 Å². The van der Waals surface area contributed by atoms with Crippen molar-refractivity contribution >= 4 is 11.9 Å². The molecule has 0 N–H and O–H groups in total. The van der Waals surface area contributed by atoms with E-state index in [0.717, 1.165) is 0 Å². The Morgan fingerprint density at radius 1 is 0.909 bits per heavy atom. The summed E-state index contributed by atoms with van der Waals surface area (Å²) in [4.78, 5) is 23.5. The van der Waals surface area contributed by atoms with Crippen LogP contribution in [0.2, 0.25) is 0 Å². The lowest BCUT2D eigenvalue weighted by Gasteiger charge is -2.16. The van der Waals surface area contributed by atoms with Crippen LogP contribution in [0.25, 0.3) is 0 Å². The number of hydrogen-bond acceptors (Lipinski definition) is 5. The molecular formula is C17H16O5. The van der Waals surface area contributed by atoms with Crippen LogP contribution in [0.15, 0.2) is 54.6 Å². The number of carbonyl (C=O) groups excluding carboxylic acids is 2. The maximum Gasteiger partial charge on any atom is 0.357 e. The highest BCUT2D eigenvalue weighted by Gasteiger charge is 2.25. The summed E-state index contributed by atoms with van der Waals surface area (Å²) < 4.78 is 15.4. The molecule has 0 heterocycles. The first kappa shape index (κ1) is 15.6. The quantitative estimate of drug-likeness (QED) is 0.627. The predicted octanol–water partition coefficient (Wildman–Crippen LogP) is 2.91. The average Bonchev–Trinajstić information content (AvgIpc) is 2.54. The maximum atomic E-state index is 12.3. The molecule has 0 unspecified atom stereocenters. The highest BCUT2D eigenvalue weighted by molar-refractivity contribution is 5.81. The summed E-state index contributed by atoms with van der Waals surface area (Å²) in [6.07, 6.45) is -1.10. The van der Waals surface area contributed by atoms with Crippen LogP contribution in [-0.2, 0) is 14.3 Å². The third-order valence-corrected chi connectivity index (χ3v) is 2.88. The Labute approximate surface area is 128 Å². The first-order valence-electron chi connectivity index (χ1n) is 6.68. The van der Waals surface area contributed by atoms with E-state index >= 15 is 0 Å². The van der Waals surface area contributed by atoms with Gasteiger partial charge >= 0.3 is 11.9 Å². The fourth-order valence-electron chi connectivity index (χ4n) is 1.86. The molecule has 2 rings (SSSR count). The molecule has 2 aromatic rings. The van der Waals surface area contributed by atoms with Crippen molar-refractivity contribution in [2.45, 2.75) is 13.0 Å². The van der Waals surface area contributed by atoms with E-state index in [2.05, 4.69) is 0 Å². The van der Waals surface area contributed by atoms with Gasteiger partial charge in [0.25, 0.3) is 0 Å². The second-order valence-corrected chi connectivity index (χ2v) is 4.50. The first-order valence-corrected chi connectivity index (χ1v) is 6.68. The molecule has 5 nitrogen and oxygen atoms in total. The summed E-state index contributed by atoms with van der Waals surface area (Å²) in [5.74, 6) is -0.217. The van der Waals surface area contributed by atoms with Crippen molar-refractivity contribution in [3.05, 3.63) is 60.2 Å². The van der Waals surface area contributed by atoms with Crippen molar-refractivity contribution in [3.63, 3.8) is 0 Å². The van der Waals surface area contributed by atoms with Gasteiger partial charge in [0.1, 0.15) is 11.5 Å². The summed E-state index contributed by atoms with van der Waals surface area (Å²) in [6, 6.07) is 15.3. The van der Waals surface area contributed by atoms with E-state index in [1.165, 1.54) is 6.92 Å². The van der Waals surface area contributed by atoms with Crippen molar-refractivity contribution in [3.8, 4) is 11.5 Å². The largest absolute Gasteiger partial charge is 0.497 e. The van der Waals surface area contributed by atoms with E-state index in [1.807, 2.05) is 6.07 Å². The Kier molecular flexibility index (Phi) is 5.14. The van der Waals surface area contributed by atoms with E-state index in [9.17, 15) is 9.59 Å². The summed E-state index contributed by atoms with van der Waals surface area (Å²) in [6.45, 7) is 1.25. The molecule has 0 radical (unpaired) electrons. The monoisotopic (exact) mass is 300 g/mol. The molecule has 1 atom stereocenters. The molecule has 0 spiro atoms. The molecule has 2 aromatic carbocycles. The second kappa shape index (κ2) is 7.26. The highest BCUT2D eigenvalue weighted by Crippen LogP contribution is 2.23. The van der Waals surface area contributed by atoms with Gasteiger partial charge in [0.2, 0.25) is 6.10 Å². The van der Waals surface area contributed by atoms with Crippen LogP contribution in [0, 0.1) is 0 Å². The summed E-state index contributed by atoms with van der Waals surface area (Å²) in [5, 5.41) is 0. The van der Waals surface area contributed by atoms with E-state index in [0.29, 0.717) is 17.1 Å². The molecule has 0 aliphatic rings. The predicted molar refractivity (Wildman–Crippen MR) is 79.6 cm³/mol. The van der Waals surface area contributed by atoms with Crippen LogP contribution < -0.4 is 9.47 Å². The van der Waals surface area contributed by atoms with Gasteiger partial charge in [0.05, 0.1) is 7.11 Å². The van der Waals surface area contributed by atoms with Gasteiger partial charge in [0.15, 0.2) is 0 Å². The van der Waals surface area contributed by atoms with Gasteiger partial charge in [-0.05, 0) is 24.3 Å². The molecule has 0 saturated heterocycles. The number of rotatable bonds is 5. The molecule has 0 saturated carbocycles. The Hall–Kier alpha value is -2.82. The van der Waals surface area contributed by atoms with Crippen LogP contribution >= 0.6 is 0 Å². The molecule has 22 heavy (non-hydrogen) atoms. The van der Waals surface area contributed by atoms with E-state index in [4.69, 9.17) is 14.2 Å². The van der Waals surface area contributed by atoms with Crippen molar-refractivity contribution < 1.29 is 23.8 Å². The van der Waals surface area contributed by atoms with Crippen LogP contribution in [0.4, 0.5) is 0 Å². The Morgan fingerprint density at radius 2 is 1.50 bits per heavy atom. The second-order valence-electron chi connectivity index (χ2n) is 4.50. The van der Waals surface area contributed by atoms with Gasteiger partial charge in [-0.3, -0.25) is 4.79 Å². The molecule has 5 heteroatoms. The number of hydrogen-bond donors (Lipinski definition) is 0. The van der Waals surface area contributed by atoms with Gasteiger partial charge in [-0.15, -0.1) is 0 Å². The summed E-state index contributed by atoms with van der Waals surface area (Å²) >= 11 is 0. The van der Waals surface area contributed by atoms with E-state index < -0.39 is 18.0 Å². The van der Waals surface area contributed by atoms with Gasteiger partial charge in [0, 0.05) is 12.5 Å². The smallest absolute Gasteiger partial charge is 0.357 e. The fraction of sp³-hybridized carbons (Fsp3) is 0.176. The van der Waals surface area contributed by atoms with Crippen LogP contribution in [-0.4, -0.2) is 19.0 Å². The minimum atomic E-state index is -1.10. The molecule has 114 valence electrons. The average molecular weight is 300 g/mol. The molecule has 0 aliphatic carbocycles. The lowest BCUT2D eigenvalue weighted by Crippen LogP contribution is -2.23. The molecule has 0 aromatic heterocycles. The Bertz CT molecular complexity index is 634. The zero-order valence-corrected chi connectivity index (χ0v) is 12.3. The molecule has 0 aliphatic heterocycles. The Morgan fingerprint density at radius 3 is 2.05 bits per heavy atom. The van der Waals surface area contributed by atoms with E-state index in [1.54, 1.807) is 55.6 Å². The topological polar surface area (TPSA) is 61.8 Å². The van der Waals surface area contributed by atoms with Crippen LogP contribution in [0.1, 0.15) is 18.6 Å². The fourth-order valence-corrected chi connectivity index (χ4v) is 1.86. The molecule has 0 bridgehead atoms. The summed E-state index contributed by atoms with van der Waals surface area (Å²) in [7, 11) is 1.55. The lowest BCUT2D eigenvalue weighted by atomic mass is 10.1. The highest BCUT2D eigenvalue weighted by atomic mass is 16.6. The number of carbonyl (C=O) groups is 2. The maximum absolute atomic E-state index is 12.3. The number of benzene rings is 2. The molecule has 0 amide bonds. The third-order valence-electron chi connectivity index (χ3n) is 2.88. The molecular weight excluding hydrogens is 284 g/mol. The van der Waals surface area contributed by atoms with Crippen molar-refractivity contribution in [2.75, 3.05) is 7.11 Å². The Balaban J connectivity index is 2.16. The number of esters is 2. The lowest BCUT2D eigenvalue weighted by molar-refractivity contribution is -0.161. The van der Waals surface area contributed by atoms with Crippen molar-refractivity contribution in [1.82, 2.24) is 0 Å². The van der Waals surface area contributed by atoms with E-state index in [-0.39, 0.29) is 0 Å². The van der Waals surface area contributed by atoms with Crippen molar-refractivity contribution in [2.24, 2.45) is 0 Å². The summed E-state index contributed by atoms with van der Waals surface area (Å²) in [5.41, 5.74) is 0.552. The van der Waals surface area contributed by atoms with Crippen molar-refractivity contribution in [1.29, 1.82) is 0 Å². The first-order chi connectivity index (χ1) is 10.6. The zero-order chi connectivity index (χ0) is 15.9. The normalized spacial score (nSPS) is 11.4. The van der Waals surface area contributed by atoms with Crippen LogP contribution in [0.5, 0.6) is 11.5 Å².